The molecule has 1 aromatic heterocycles. The number of aromatic nitrogens is 1. The van der Waals surface area contributed by atoms with E-state index >= 15 is 0 Å². The lowest BCUT2D eigenvalue weighted by molar-refractivity contribution is 0.355. The number of nitrogens with one attached hydrogen (secondary N) is 1. The second kappa shape index (κ2) is 11.1. The van der Waals surface area contributed by atoms with Gasteiger partial charge in [0, 0.05) is 23.3 Å². The van der Waals surface area contributed by atoms with Crippen molar-refractivity contribution in [2.45, 2.75) is 25.2 Å². The van der Waals surface area contributed by atoms with Crippen LogP contribution in [0.15, 0.2) is 59.6 Å². The smallest absolute Gasteiger partial charge is 0.162 e. The molecule has 0 bridgehead atoms. The molecule has 0 spiro atoms. The largest absolute Gasteiger partial charge is 0.494 e. The van der Waals surface area contributed by atoms with Gasteiger partial charge < -0.3 is 23.7 Å². The molecule has 4 aromatic rings. The summed E-state index contributed by atoms with van der Waals surface area (Å²) in [4.78, 5) is 4.91. The lowest BCUT2D eigenvalue weighted by Gasteiger charge is -2.15. The Hall–Kier alpha value is -3.49. The molecule has 0 aliphatic rings. The maximum Gasteiger partial charge on any atom is 0.162 e. The van der Waals surface area contributed by atoms with E-state index in [0.29, 0.717) is 44.4 Å². The minimum atomic E-state index is -1.58. The van der Waals surface area contributed by atoms with Crippen LogP contribution in [0.1, 0.15) is 18.1 Å². The van der Waals surface area contributed by atoms with Crippen LogP contribution in [0.3, 0.4) is 0 Å². The number of aryl methyl sites for hydroxylation is 2. The molecular formula is C27H27ClN2O5S. The Balaban J connectivity index is 1.60. The summed E-state index contributed by atoms with van der Waals surface area (Å²) in [5, 5.41) is 1.22. The van der Waals surface area contributed by atoms with Crippen molar-refractivity contribution in [1.82, 2.24) is 4.98 Å². The summed E-state index contributed by atoms with van der Waals surface area (Å²) in [7, 11) is 3.10. The molecule has 1 N–H and O–H groups in total. The predicted molar refractivity (Wildman–Crippen MR) is 144 cm³/mol. The normalized spacial score (nSPS) is 11.7. The zero-order valence-corrected chi connectivity index (χ0v) is 22.3. The van der Waals surface area contributed by atoms with Crippen molar-refractivity contribution in [3.63, 3.8) is 0 Å². The SMILES string of the molecule is CCc1cc(Cl)c(OC)c(S(=O)Nc2ccc(Oc3ccnc4cc(OC)c(OC)cc34)cc2C)c1. The van der Waals surface area contributed by atoms with Gasteiger partial charge in [-0.15, -0.1) is 0 Å². The van der Waals surface area contributed by atoms with Gasteiger partial charge in [0.05, 0.1) is 31.9 Å². The molecule has 1 atom stereocenters. The number of benzene rings is 3. The molecular weight excluding hydrogens is 500 g/mol. The Labute approximate surface area is 217 Å². The Morgan fingerprint density at radius 2 is 1.69 bits per heavy atom. The molecule has 0 saturated carbocycles. The van der Waals surface area contributed by atoms with Gasteiger partial charge in [0.2, 0.25) is 0 Å². The molecule has 0 fully saturated rings. The fourth-order valence-corrected chi connectivity index (χ4v) is 5.33. The highest BCUT2D eigenvalue weighted by molar-refractivity contribution is 7.86. The molecule has 1 heterocycles. The third kappa shape index (κ3) is 5.20. The van der Waals surface area contributed by atoms with Crippen LogP contribution in [-0.2, 0) is 17.4 Å². The fraction of sp³-hybridized carbons (Fsp3) is 0.222. The van der Waals surface area contributed by atoms with Crippen molar-refractivity contribution >= 4 is 39.2 Å². The van der Waals surface area contributed by atoms with Gasteiger partial charge in [0.1, 0.15) is 16.4 Å². The van der Waals surface area contributed by atoms with Gasteiger partial charge in [-0.3, -0.25) is 4.98 Å². The third-order valence-corrected chi connectivity index (χ3v) is 7.11. The number of rotatable bonds is 9. The van der Waals surface area contributed by atoms with E-state index in [1.165, 1.54) is 7.11 Å². The van der Waals surface area contributed by atoms with Crippen LogP contribution >= 0.6 is 11.6 Å². The van der Waals surface area contributed by atoms with E-state index in [-0.39, 0.29) is 0 Å². The zero-order valence-electron chi connectivity index (χ0n) is 20.7. The Kier molecular flexibility index (Phi) is 7.86. The number of hydrogen-bond donors (Lipinski definition) is 1. The number of ether oxygens (including phenoxy) is 4. The summed E-state index contributed by atoms with van der Waals surface area (Å²) in [5.41, 5.74) is 3.25. The second-order valence-electron chi connectivity index (χ2n) is 7.95. The summed E-state index contributed by atoms with van der Waals surface area (Å²) in [6.07, 6.45) is 2.44. The van der Waals surface area contributed by atoms with Crippen LogP contribution < -0.4 is 23.7 Å². The number of halogens is 1. The molecule has 1 unspecified atom stereocenters. The fourth-order valence-electron chi connectivity index (χ4n) is 3.79. The number of pyridine rings is 1. The maximum absolute atomic E-state index is 13.2. The Morgan fingerprint density at radius 1 is 0.944 bits per heavy atom. The average molecular weight is 527 g/mol. The highest BCUT2D eigenvalue weighted by atomic mass is 35.5. The highest BCUT2D eigenvalue weighted by Gasteiger charge is 2.17. The van der Waals surface area contributed by atoms with Crippen molar-refractivity contribution < 1.29 is 23.2 Å². The summed E-state index contributed by atoms with van der Waals surface area (Å²) in [6.45, 7) is 3.93. The molecule has 188 valence electrons. The first-order chi connectivity index (χ1) is 17.4. The van der Waals surface area contributed by atoms with Gasteiger partial charge in [-0.2, -0.15) is 0 Å². The highest BCUT2D eigenvalue weighted by Crippen LogP contribution is 2.38. The van der Waals surface area contributed by atoms with Gasteiger partial charge in [0.25, 0.3) is 0 Å². The van der Waals surface area contributed by atoms with Gasteiger partial charge in [-0.25, -0.2) is 4.21 Å². The van der Waals surface area contributed by atoms with Crippen molar-refractivity contribution in [3.05, 3.63) is 70.9 Å². The number of methoxy groups -OCH3 is 3. The lowest BCUT2D eigenvalue weighted by Crippen LogP contribution is -2.08. The Morgan fingerprint density at radius 3 is 2.36 bits per heavy atom. The first-order valence-corrected chi connectivity index (χ1v) is 12.7. The second-order valence-corrected chi connectivity index (χ2v) is 9.53. The molecule has 0 aliphatic heterocycles. The molecule has 0 saturated heterocycles. The molecule has 4 rings (SSSR count). The van der Waals surface area contributed by atoms with E-state index in [4.69, 9.17) is 30.5 Å². The number of hydrogen-bond acceptors (Lipinski definition) is 6. The standard InChI is InChI=1S/C27H27ClN2O5S/c1-6-17-12-20(28)27(34-5)26(13-17)36(31)30-21-8-7-18(11-16(21)2)35-23-9-10-29-22-15-25(33-4)24(32-3)14-19(22)23/h7-15,30H,6H2,1-5H3. The number of nitrogens with zero attached hydrogens (tertiary/aromatic N) is 1. The zero-order chi connectivity index (χ0) is 25.8. The van der Waals surface area contributed by atoms with Crippen LogP contribution in [0.25, 0.3) is 10.9 Å². The van der Waals surface area contributed by atoms with E-state index in [9.17, 15) is 4.21 Å². The van der Waals surface area contributed by atoms with Gasteiger partial charge in [-0.1, -0.05) is 18.5 Å². The van der Waals surface area contributed by atoms with Gasteiger partial charge in [0.15, 0.2) is 28.2 Å². The van der Waals surface area contributed by atoms with Crippen molar-refractivity contribution in [1.29, 1.82) is 0 Å². The first kappa shape index (κ1) is 25.6. The van der Waals surface area contributed by atoms with Crippen molar-refractivity contribution in [2.75, 3.05) is 26.1 Å². The molecule has 0 aliphatic carbocycles. The van der Waals surface area contributed by atoms with E-state index in [0.717, 1.165) is 28.5 Å². The van der Waals surface area contributed by atoms with Crippen LogP contribution in [-0.4, -0.2) is 30.5 Å². The molecule has 36 heavy (non-hydrogen) atoms. The number of fused-ring (bicyclic) bond motifs is 1. The summed E-state index contributed by atoms with van der Waals surface area (Å²) in [5.74, 6) is 2.83. The minimum absolute atomic E-state index is 0.397. The van der Waals surface area contributed by atoms with E-state index in [1.807, 2.05) is 56.3 Å². The average Bonchev–Trinajstić information content (AvgIpc) is 2.88. The van der Waals surface area contributed by atoms with Crippen molar-refractivity contribution in [2.24, 2.45) is 0 Å². The quantitative estimate of drug-likeness (QED) is 0.261. The van der Waals surface area contributed by atoms with Crippen molar-refractivity contribution in [3.8, 4) is 28.7 Å². The molecule has 7 nitrogen and oxygen atoms in total. The third-order valence-electron chi connectivity index (χ3n) is 5.72. The van der Waals surface area contributed by atoms with E-state index in [2.05, 4.69) is 9.71 Å². The monoisotopic (exact) mass is 526 g/mol. The van der Waals surface area contributed by atoms with Crippen LogP contribution in [0.4, 0.5) is 5.69 Å². The maximum atomic E-state index is 13.2. The molecule has 9 heteroatoms. The summed E-state index contributed by atoms with van der Waals surface area (Å²) < 4.78 is 38.7. The van der Waals surface area contributed by atoms with Crippen LogP contribution in [0.5, 0.6) is 28.7 Å². The summed E-state index contributed by atoms with van der Waals surface area (Å²) in [6, 6.07) is 14.6. The van der Waals surface area contributed by atoms with Gasteiger partial charge >= 0.3 is 0 Å². The first-order valence-electron chi connectivity index (χ1n) is 11.2. The predicted octanol–water partition coefficient (Wildman–Crippen LogP) is 6.71. The van der Waals surface area contributed by atoms with Crippen LogP contribution in [0, 0.1) is 6.92 Å². The minimum Gasteiger partial charge on any atom is -0.494 e. The van der Waals surface area contributed by atoms with E-state index < -0.39 is 11.0 Å². The molecule has 0 amide bonds. The molecule has 3 aromatic carbocycles. The topological polar surface area (TPSA) is 78.9 Å². The van der Waals surface area contributed by atoms with Gasteiger partial charge in [-0.05, 0) is 66.9 Å². The summed E-state index contributed by atoms with van der Waals surface area (Å²) >= 11 is 6.34. The van der Waals surface area contributed by atoms with E-state index in [1.54, 1.807) is 26.5 Å². The molecule has 0 radical (unpaired) electrons. The van der Waals surface area contributed by atoms with Crippen LogP contribution in [0.2, 0.25) is 5.02 Å². The Bertz CT molecular complexity index is 1440. The lowest BCUT2D eigenvalue weighted by atomic mass is 10.1. The number of anilines is 1.